The molecular formula is C12H13FN2O4S. The van der Waals surface area contributed by atoms with Crippen LogP contribution in [0.25, 0.3) is 0 Å². The maximum absolute atomic E-state index is 13.7. The number of hydrogen-bond acceptors (Lipinski definition) is 4. The summed E-state index contributed by atoms with van der Waals surface area (Å²) in [5.74, 6) is 3.14. The van der Waals surface area contributed by atoms with Gasteiger partial charge in [-0.15, -0.1) is 0 Å². The average molecular weight is 300 g/mol. The fraction of sp³-hybridized carbons (Fsp3) is 0.250. The monoisotopic (exact) mass is 300 g/mol. The molecule has 1 aromatic carbocycles. The average Bonchev–Trinajstić information content (AvgIpc) is 2.35. The lowest BCUT2D eigenvalue weighted by Crippen LogP contribution is -2.28. The number of hydrogen-bond donors (Lipinski definition) is 3. The lowest BCUT2D eigenvalue weighted by atomic mass is 10.2. The predicted octanol–water partition coefficient (Wildman–Crippen LogP) is -0.677. The van der Waals surface area contributed by atoms with E-state index in [1.807, 2.05) is 0 Å². The topological polar surface area (TPSA) is 109 Å². The molecule has 8 heteroatoms. The van der Waals surface area contributed by atoms with E-state index in [-0.39, 0.29) is 25.1 Å². The van der Waals surface area contributed by atoms with E-state index < -0.39 is 26.6 Å². The summed E-state index contributed by atoms with van der Waals surface area (Å²) in [5.41, 5.74) is 5.12. The largest absolute Gasteiger partial charge is 0.384 e. The Bertz CT molecular complexity index is 662. The van der Waals surface area contributed by atoms with E-state index in [0.29, 0.717) is 0 Å². The molecule has 1 amide bonds. The highest BCUT2D eigenvalue weighted by Gasteiger charge is 2.18. The van der Waals surface area contributed by atoms with Crippen LogP contribution in [0.5, 0.6) is 0 Å². The number of rotatable bonds is 5. The third-order valence-electron chi connectivity index (χ3n) is 2.20. The smallest absolute Gasteiger partial charge is 0.243 e. The summed E-state index contributed by atoms with van der Waals surface area (Å²) >= 11 is 0. The second-order valence-electron chi connectivity index (χ2n) is 3.72. The first kappa shape index (κ1) is 16.1. The maximum Gasteiger partial charge on any atom is 0.243 e. The zero-order valence-corrected chi connectivity index (χ0v) is 11.2. The molecule has 0 unspecified atom stereocenters. The van der Waals surface area contributed by atoms with Crippen LogP contribution < -0.4 is 10.5 Å². The van der Waals surface area contributed by atoms with Crippen LogP contribution in [0.4, 0.5) is 4.39 Å². The molecule has 1 aromatic rings. The molecular weight excluding hydrogens is 287 g/mol. The first-order chi connectivity index (χ1) is 9.36. The van der Waals surface area contributed by atoms with Gasteiger partial charge in [0.05, 0.1) is 0 Å². The summed E-state index contributed by atoms with van der Waals surface area (Å²) in [6, 6.07) is 3.32. The SMILES string of the molecule is NC(=O)CCNS(=O)(=O)c1ccc(C#CCO)cc1F. The molecule has 0 aliphatic carbocycles. The molecule has 1 rings (SSSR count). The van der Waals surface area contributed by atoms with Crippen molar-refractivity contribution < 1.29 is 22.7 Å². The minimum atomic E-state index is -4.05. The van der Waals surface area contributed by atoms with Crippen molar-refractivity contribution in [3.8, 4) is 11.8 Å². The molecule has 20 heavy (non-hydrogen) atoms. The van der Waals surface area contributed by atoms with Crippen molar-refractivity contribution in [1.82, 2.24) is 4.72 Å². The minimum Gasteiger partial charge on any atom is -0.384 e. The van der Waals surface area contributed by atoms with Gasteiger partial charge in [-0.05, 0) is 18.2 Å². The van der Waals surface area contributed by atoms with E-state index in [0.717, 1.165) is 12.1 Å². The second kappa shape index (κ2) is 7.00. The molecule has 0 saturated carbocycles. The molecule has 0 aliphatic rings. The summed E-state index contributed by atoms with van der Waals surface area (Å²) in [4.78, 5) is 9.97. The fourth-order valence-electron chi connectivity index (χ4n) is 1.32. The molecule has 0 spiro atoms. The van der Waals surface area contributed by atoms with E-state index in [1.165, 1.54) is 6.07 Å². The summed E-state index contributed by atoms with van der Waals surface area (Å²) in [6.45, 7) is -0.584. The third-order valence-corrected chi connectivity index (χ3v) is 3.69. The normalized spacial score (nSPS) is 10.7. The van der Waals surface area contributed by atoms with Crippen LogP contribution in [-0.2, 0) is 14.8 Å². The number of carbonyl (C=O) groups excluding carboxylic acids is 1. The lowest BCUT2D eigenvalue weighted by molar-refractivity contribution is -0.117. The Labute approximate surface area is 115 Å². The number of aliphatic hydroxyl groups excluding tert-OH is 1. The van der Waals surface area contributed by atoms with Crippen LogP contribution in [-0.4, -0.2) is 32.6 Å². The van der Waals surface area contributed by atoms with Crippen molar-refractivity contribution in [3.05, 3.63) is 29.6 Å². The highest BCUT2D eigenvalue weighted by atomic mass is 32.2. The quantitative estimate of drug-likeness (QED) is 0.626. The number of primary amides is 1. The van der Waals surface area contributed by atoms with Gasteiger partial charge < -0.3 is 10.8 Å². The number of nitrogens with two attached hydrogens (primary N) is 1. The molecule has 0 radical (unpaired) electrons. The van der Waals surface area contributed by atoms with Crippen LogP contribution in [0.15, 0.2) is 23.1 Å². The van der Waals surface area contributed by atoms with Crippen molar-refractivity contribution >= 4 is 15.9 Å². The molecule has 108 valence electrons. The predicted molar refractivity (Wildman–Crippen MR) is 69.4 cm³/mol. The van der Waals surface area contributed by atoms with Crippen molar-refractivity contribution in [2.24, 2.45) is 5.73 Å². The molecule has 0 atom stereocenters. The maximum atomic E-state index is 13.7. The van der Waals surface area contributed by atoms with E-state index in [1.54, 1.807) is 0 Å². The molecule has 6 nitrogen and oxygen atoms in total. The Hall–Kier alpha value is -1.95. The Balaban J connectivity index is 2.93. The Morgan fingerprint density at radius 3 is 2.70 bits per heavy atom. The summed E-state index contributed by atoms with van der Waals surface area (Å²) in [6.07, 6.45) is -0.180. The summed E-state index contributed by atoms with van der Waals surface area (Å²) in [7, 11) is -4.05. The first-order valence-corrected chi connectivity index (χ1v) is 7.02. The first-order valence-electron chi connectivity index (χ1n) is 5.54. The van der Waals surface area contributed by atoms with Gasteiger partial charge in [0.15, 0.2) is 0 Å². The number of amides is 1. The minimum absolute atomic E-state index is 0.180. The molecule has 0 heterocycles. The van der Waals surface area contributed by atoms with Gasteiger partial charge in [-0.2, -0.15) is 0 Å². The fourth-order valence-corrected chi connectivity index (χ4v) is 2.41. The van der Waals surface area contributed by atoms with E-state index in [2.05, 4.69) is 16.6 Å². The van der Waals surface area contributed by atoms with Gasteiger partial charge in [-0.3, -0.25) is 4.79 Å². The second-order valence-corrected chi connectivity index (χ2v) is 5.45. The van der Waals surface area contributed by atoms with Gasteiger partial charge in [0.2, 0.25) is 15.9 Å². The third kappa shape index (κ3) is 4.62. The van der Waals surface area contributed by atoms with Crippen molar-refractivity contribution in [1.29, 1.82) is 0 Å². The standard InChI is InChI=1S/C12H13FN2O4S/c13-10-8-9(2-1-7-16)3-4-11(10)20(18,19)15-6-5-12(14)17/h3-4,8,15-16H,5-7H2,(H2,14,17). The van der Waals surface area contributed by atoms with E-state index in [9.17, 15) is 17.6 Å². The zero-order chi connectivity index (χ0) is 15.2. The number of nitrogens with one attached hydrogen (secondary N) is 1. The zero-order valence-electron chi connectivity index (χ0n) is 10.4. The van der Waals surface area contributed by atoms with Gasteiger partial charge in [0.1, 0.15) is 17.3 Å². The summed E-state index contributed by atoms with van der Waals surface area (Å²) < 4.78 is 39.3. The van der Waals surface area contributed by atoms with Gasteiger partial charge in [-0.25, -0.2) is 17.5 Å². The van der Waals surface area contributed by atoms with Gasteiger partial charge >= 0.3 is 0 Å². The number of halogens is 1. The van der Waals surface area contributed by atoms with Crippen molar-refractivity contribution in [2.75, 3.05) is 13.2 Å². The Morgan fingerprint density at radius 2 is 2.15 bits per heavy atom. The highest BCUT2D eigenvalue weighted by Crippen LogP contribution is 2.15. The number of aliphatic hydroxyl groups is 1. The van der Waals surface area contributed by atoms with Gasteiger partial charge in [-0.1, -0.05) is 11.8 Å². The molecule has 0 bridgehead atoms. The van der Waals surface area contributed by atoms with Crippen LogP contribution in [0.3, 0.4) is 0 Å². The Kier molecular flexibility index (Phi) is 5.64. The van der Waals surface area contributed by atoms with Crippen LogP contribution in [0, 0.1) is 17.7 Å². The lowest BCUT2D eigenvalue weighted by Gasteiger charge is -2.07. The highest BCUT2D eigenvalue weighted by molar-refractivity contribution is 7.89. The van der Waals surface area contributed by atoms with Crippen molar-refractivity contribution in [2.45, 2.75) is 11.3 Å². The van der Waals surface area contributed by atoms with Crippen LogP contribution in [0.1, 0.15) is 12.0 Å². The van der Waals surface area contributed by atoms with Gasteiger partial charge in [0, 0.05) is 18.5 Å². The molecule has 4 N–H and O–H groups in total. The van der Waals surface area contributed by atoms with Gasteiger partial charge in [0.25, 0.3) is 0 Å². The van der Waals surface area contributed by atoms with E-state index >= 15 is 0 Å². The molecule has 0 aromatic heterocycles. The van der Waals surface area contributed by atoms with Crippen LogP contribution >= 0.6 is 0 Å². The molecule has 0 fully saturated rings. The van der Waals surface area contributed by atoms with Crippen LogP contribution in [0.2, 0.25) is 0 Å². The van der Waals surface area contributed by atoms with E-state index in [4.69, 9.17) is 10.8 Å². The Morgan fingerprint density at radius 1 is 1.45 bits per heavy atom. The number of benzene rings is 1. The summed E-state index contributed by atoms with van der Waals surface area (Å²) in [5, 5.41) is 8.51. The molecule has 0 aliphatic heterocycles. The van der Waals surface area contributed by atoms with Crippen molar-refractivity contribution in [3.63, 3.8) is 0 Å². The number of carbonyl (C=O) groups is 1. The molecule has 0 saturated heterocycles. The number of sulfonamides is 1.